The summed E-state index contributed by atoms with van der Waals surface area (Å²) in [5.41, 5.74) is 2.59. The van der Waals surface area contributed by atoms with Gasteiger partial charge in [-0.05, 0) is 43.3 Å². The third-order valence-electron chi connectivity index (χ3n) is 3.52. The molecule has 1 heterocycles. The molecular weight excluding hydrogens is 288 g/mol. The van der Waals surface area contributed by atoms with Gasteiger partial charge < -0.3 is 4.74 Å². The monoisotopic (exact) mass is 302 g/mol. The van der Waals surface area contributed by atoms with Crippen molar-refractivity contribution in [2.24, 2.45) is 0 Å². The van der Waals surface area contributed by atoms with Gasteiger partial charge in [-0.15, -0.1) is 0 Å². The van der Waals surface area contributed by atoms with Crippen molar-refractivity contribution in [2.75, 3.05) is 6.61 Å². The molecule has 0 spiro atoms. The van der Waals surface area contributed by atoms with Crippen molar-refractivity contribution in [1.82, 2.24) is 4.98 Å². The van der Waals surface area contributed by atoms with Crippen LogP contribution in [0.25, 0.3) is 22.2 Å². The van der Waals surface area contributed by atoms with Crippen LogP contribution in [0, 0.1) is 11.3 Å². The first-order valence-electron chi connectivity index (χ1n) is 7.30. The zero-order valence-electron chi connectivity index (χ0n) is 12.6. The number of ether oxygens (including phenoxy) is 1. The first kappa shape index (κ1) is 14.7. The topological polar surface area (TPSA) is 63.0 Å². The molecule has 3 rings (SSSR count). The Morgan fingerprint density at radius 3 is 2.61 bits per heavy atom. The zero-order valence-corrected chi connectivity index (χ0v) is 12.6. The molecule has 0 aliphatic heterocycles. The second-order valence-electron chi connectivity index (χ2n) is 4.97. The highest BCUT2D eigenvalue weighted by atomic mass is 16.5. The number of para-hydroxylation sites is 1. The van der Waals surface area contributed by atoms with Crippen LogP contribution < -0.4 is 4.74 Å². The van der Waals surface area contributed by atoms with Gasteiger partial charge in [0.05, 0.1) is 17.8 Å². The molecular formula is C19H14N2O2. The standard InChI is InChI=1S/C19H14N2O2/c1-2-23-14-9-7-13(8-10-14)18-11-16(19(22)12-20)15-5-3-4-6-17(15)21-18/h3-11H,2H2,1H3. The molecule has 23 heavy (non-hydrogen) atoms. The summed E-state index contributed by atoms with van der Waals surface area (Å²) in [6, 6.07) is 18.2. The first-order chi connectivity index (χ1) is 11.2. The minimum Gasteiger partial charge on any atom is -0.494 e. The molecule has 0 aliphatic rings. The van der Waals surface area contributed by atoms with Crippen molar-refractivity contribution < 1.29 is 9.53 Å². The van der Waals surface area contributed by atoms with Crippen LogP contribution in [-0.2, 0) is 0 Å². The van der Waals surface area contributed by atoms with E-state index in [1.165, 1.54) is 0 Å². The number of nitriles is 1. The predicted octanol–water partition coefficient (Wildman–Crippen LogP) is 4.01. The molecule has 0 saturated heterocycles. The Morgan fingerprint density at radius 1 is 1.17 bits per heavy atom. The zero-order chi connectivity index (χ0) is 16.2. The second kappa shape index (κ2) is 6.29. The number of nitrogens with zero attached hydrogens (tertiary/aromatic N) is 2. The minimum absolute atomic E-state index is 0.377. The van der Waals surface area contributed by atoms with E-state index in [4.69, 9.17) is 10.00 Å². The van der Waals surface area contributed by atoms with Crippen LogP contribution >= 0.6 is 0 Å². The van der Waals surface area contributed by atoms with Crippen LogP contribution in [0.3, 0.4) is 0 Å². The molecule has 0 unspecified atom stereocenters. The van der Waals surface area contributed by atoms with E-state index in [9.17, 15) is 4.79 Å². The Bertz CT molecular complexity index is 909. The van der Waals surface area contributed by atoms with Gasteiger partial charge >= 0.3 is 0 Å². The molecule has 112 valence electrons. The summed E-state index contributed by atoms with van der Waals surface area (Å²) in [5, 5.41) is 9.66. The first-order valence-corrected chi connectivity index (χ1v) is 7.30. The molecule has 0 amide bonds. The van der Waals surface area contributed by atoms with Gasteiger partial charge in [-0.25, -0.2) is 4.98 Å². The van der Waals surface area contributed by atoms with Crippen LogP contribution in [0.2, 0.25) is 0 Å². The van der Waals surface area contributed by atoms with Crippen LogP contribution in [0.15, 0.2) is 54.6 Å². The molecule has 0 N–H and O–H groups in total. The van der Waals surface area contributed by atoms with E-state index in [2.05, 4.69) is 4.98 Å². The maximum absolute atomic E-state index is 11.9. The normalized spacial score (nSPS) is 10.3. The number of hydrogen-bond donors (Lipinski definition) is 0. The lowest BCUT2D eigenvalue weighted by Crippen LogP contribution is -1.99. The average molecular weight is 302 g/mol. The van der Waals surface area contributed by atoms with E-state index in [0.29, 0.717) is 28.8 Å². The van der Waals surface area contributed by atoms with Gasteiger partial charge in [-0.3, -0.25) is 4.79 Å². The fraction of sp³-hybridized carbons (Fsp3) is 0.105. The van der Waals surface area contributed by atoms with Crippen molar-refractivity contribution in [2.45, 2.75) is 6.92 Å². The summed E-state index contributed by atoms with van der Waals surface area (Å²) in [4.78, 5) is 16.5. The number of ketones is 1. The maximum Gasteiger partial charge on any atom is 0.262 e. The van der Waals surface area contributed by atoms with E-state index >= 15 is 0 Å². The smallest absolute Gasteiger partial charge is 0.262 e. The number of benzene rings is 2. The highest BCUT2D eigenvalue weighted by Crippen LogP contribution is 2.26. The maximum atomic E-state index is 11.9. The molecule has 1 aromatic heterocycles. The SMILES string of the molecule is CCOc1ccc(-c2cc(C(=O)C#N)c3ccccc3n2)cc1. The van der Waals surface area contributed by atoms with Gasteiger partial charge in [-0.1, -0.05) is 18.2 Å². The van der Waals surface area contributed by atoms with Crippen LogP contribution in [0.5, 0.6) is 5.75 Å². The van der Waals surface area contributed by atoms with Crippen LogP contribution in [-0.4, -0.2) is 17.4 Å². The molecule has 4 heteroatoms. The number of Topliss-reactive ketones (excluding diaryl/α,β-unsaturated/α-hetero) is 1. The van der Waals surface area contributed by atoms with Gasteiger partial charge in [0.1, 0.15) is 11.8 Å². The largest absolute Gasteiger partial charge is 0.494 e. The second-order valence-corrected chi connectivity index (χ2v) is 4.97. The van der Waals surface area contributed by atoms with E-state index < -0.39 is 5.78 Å². The van der Waals surface area contributed by atoms with Gasteiger partial charge in [0.15, 0.2) is 0 Å². The van der Waals surface area contributed by atoms with Crippen LogP contribution in [0.1, 0.15) is 17.3 Å². The number of aromatic nitrogens is 1. The Kier molecular flexibility index (Phi) is 4.03. The van der Waals surface area contributed by atoms with Crippen molar-refractivity contribution in [3.63, 3.8) is 0 Å². The van der Waals surface area contributed by atoms with Gasteiger partial charge in [0.25, 0.3) is 5.78 Å². The molecule has 0 fully saturated rings. The Morgan fingerprint density at radius 2 is 1.91 bits per heavy atom. The number of carbonyl (C=O) groups excluding carboxylic acids is 1. The van der Waals surface area contributed by atoms with Gasteiger partial charge in [-0.2, -0.15) is 5.26 Å². The molecule has 4 nitrogen and oxygen atoms in total. The predicted molar refractivity (Wildman–Crippen MR) is 88.3 cm³/mol. The molecule has 0 atom stereocenters. The molecule has 0 aliphatic carbocycles. The number of pyridine rings is 1. The summed E-state index contributed by atoms with van der Waals surface area (Å²) in [6.07, 6.45) is 0. The lowest BCUT2D eigenvalue weighted by atomic mass is 10.0. The highest BCUT2D eigenvalue weighted by molar-refractivity contribution is 6.15. The molecule has 2 aromatic carbocycles. The molecule has 0 saturated carbocycles. The van der Waals surface area contributed by atoms with Gasteiger partial charge in [0.2, 0.25) is 0 Å². The van der Waals surface area contributed by atoms with E-state index in [1.54, 1.807) is 18.2 Å². The third kappa shape index (κ3) is 2.90. The van der Waals surface area contributed by atoms with E-state index in [1.807, 2.05) is 49.4 Å². The van der Waals surface area contributed by atoms with Crippen molar-refractivity contribution in [3.8, 4) is 23.1 Å². The van der Waals surface area contributed by atoms with Crippen LogP contribution in [0.4, 0.5) is 0 Å². The lowest BCUT2D eigenvalue weighted by molar-refractivity contribution is 0.105. The van der Waals surface area contributed by atoms with Crippen molar-refractivity contribution in [3.05, 3.63) is 60.2 Å². The highest BCUT2D eigenvalue weighted by Gasteiger charge is 2.13. The summed E-state index contributed by atoms with van der Waals surface area (Å²) in [5.74, 6) is 0.223. The quantitative estimate of drug-likeness (QED) is 0.539. The fourth-order valence-electron chi connectivity index (χ4n) is 2.46. The molecule has 3 aromatic rings. The summed E-state index contributed by atoms with van der Waals surface area (Å²) < 4.78 is 5.43. The lowest BCUT2D eigenvalue weighted by Gasteiger charge is -2.08. The molecule has 0 radical (unpaired) electrons. The van der Waals surface area contributed by atoms with Gasteiger partial charge in [0, 0.05) is 16.5 Å². The Labute approximate surface area is 134 Å². The summed E-state index contributed by atoms with van der Waals surface area (Å²) in [7, 11) is 0. The number of carbonyl (C=O) groups is 1. The number of hydrogen-bond acceptors (Lipinski definition) is 4. The van der Waals surface area contributed by atoms with E-state index in [0.717, 1.165) is 11.3 Å². The minimum atomic E-state index is -0.559. The average Bonchev–Trinajstić information content (AvgIpc) is 2.61. The van der Waals surface area contributed by atoms with Crippen molar-refractivity contribution >= 4 is 16.7 Å². The number of rotatable bonds is 4. The Hall–Kier alpha value is -3.19. The molecule has 0 bridgehead atoms. The summed E-state index contributed by atoms with van der Waals surface area (Å²) >= 11 is 0. The summed E-state index contributed by atoms with van der Waals surface area (Å²) in [6.45, 7) is 2.53. The van der Waals surface area contributed by atoms with Crippen molar-refractivity contribution in [1.29, 1.82) is 5.26 Å². The number of fused-ring (bicyclic) bond motifs is 1. The fourth-order valence-corrected chi connectivity index (χ4v) is 2.46. The third-order valence-corrected chi connectivity index (χ3v) is 3.52. The van der Waals surface area contributed by atoms with E-state index in [-0.39, 0.29) is 0 Å². The Balaban J connectivity index is 2.14.